The van der Waals surface area contributed by atoms with Crippen molar-refractivity contribution in [3.63, 3.8) is 0 Å². The van der Waals surface area contributed by atoms with E-state index in [0.29, 0.717) is 22.1 Å². The molecule has 0 heterocycles. The second-order valence-electron chi connectivity index (χ2n) is 7.94. The lowest BCUT2D eigenvalue weighted by molar-refractivity contribution is -0.873. The van der Waals surface area contributed by atoms with Crippen LogP contribution in [0, 0.1) is 0 Å². The Kier molecular flexibility index (Phi) is 19.1. The number of carbonyl (C=O) groups excluding carboxylic acids is 1. The Morgan fingerprint density at radius 2 is 0.963 bits per heavy atom. The van der Waals surface area contributed by atoms with Crippen LogP contribution in [0.1, 0.15) is 19.8 Å². The van der Waals surface area contributed by atoms with E-state index in [9.17, 15) is 9.59 Å². The minimum absolute atomic E-state index is 0. The van der Waals surface area contributed by atoms with E-state index in [1.807, 2.05) is 42.3 Å². The zero-order chi connectivity index (χ0) is 21.7. The topological polar surface area (TPSA) is 155 Å². The minimum atomic E-state index is -1.08. The van der Waals surface area contributed by atoms with Crippen LogP contribution in [0.2, 0.25) is 0 Å². The van der Waals surface area contributed by atoms with Gasteiger partial charge in [0.2, 0.25) is 0 Å². The molecule has 0 saturated heterocycles. The molecule has 10 nitrogen and oxygen atoms in total. The Hall–Kier alpha value is -1.46. The summed E-state index contributed by atoms with van der Waals surface area (Å²) < 4.78 is 1.16. The summed E-state index contributed by atoms with van der Waals surface area (Å²) in [6, 6.07) is 0. The molecule has 0 radical (unpaired) electrons. The Bertz CT molecular complexity index is 395. The molecule has 2 atom stereocenters. The second kappa shape index (κ2) is 15.6. The molecule has 0 aliphatic rings. The monoisotopic (exact) mass is 418 g/mol. The summed E-state index contributed by atoms with van der Waals surface area (Å²) >= 11 is 0. The van der Waals surface area contributed by atoms with E-state index in [4.69, 9.17) is 30.3 Å². The van der Waals surface area contributed by atoms with E-state index in [1.165, 1.54) is 0 Å². The van der Waals surface area contributed by atoms with Crippen molar-refractivity contribution in [2.75, 3.05) is 55.4 Å². The van der Waals surface area contributed by atoms with Crippen LogP contribution in [0.4, 0.5) is 0 Å². The number of quaternary nitrogens is 2. The fraction of sp³-hybridized carbons (Fsp3) is 0.812. The highest BCUT2D eigenvalue weighted by Crippen LogP contribution is 1.99. The highest BCUT2D eigenvalue weighted by Gasteiger charge is 2.18. The Morgan fingerprint density at radius 3 is 1.07 bits per heavy atom. The van der Waals surface area contributed by atoms with Gasteiger partial charge in [-0.1, -0.05) is 0 Å². The van der Waals surface area contributed by atoms with Crippen LogP contribution < -0.4 is 17.5 Å². The molecule has 4 N–H and O–H groups in total. The molecule has 0 aliphatic heterocycles. The van der Waals surface area contributed by atoms with Crippen LogP contribution in [0.25, 0.3) is 0 Å². The number of nitrogens with zero attached hydrogens (tertiary/aromatic N) is 2. The van der Waals surface area contributed by atoms with Crippen molar-refractivity contribution < 1.29 is 61.3 Å². The molecule has 0 bridgehead atoms. The molecule has 164 valence electrons. The summed E-state index contributed by atoms with van der Waals surface area (Å²) in [6.45, 7) is 1.90. The lowest BCUT2D eigenvalue weighted by Gasteiger charge is -2.25. The smallest absolute Gasteiger partial charge is 0.306 e. The summed E-state index contributed by atoms with van der Waals surface area (Å²) in [5, 5.41) is 43.8. The van der Waals surface area contributed by atoms with Crippen molar-refractivity contribution in [1.82, 2.24) is 0 Å². The summed E-state index contributed by atoms with van der Waals surface area (Å²) in [4.78, 5) is 29.1. The maximum absolute atomic E-state index is 10.1. The van der Waals surface area contributed by atoms with Crippen LogP contribution in [-0.2, 0) is 14.4 Å². The third-order valence-corrected chi connectivity index (χ3v) is 2.34. The summed E-state index contributed by atoms with van der Waals surface area (Å²) in [6.07, 6.45) is -1.83. The largest absolute Gasteiger partial charge is 1.00 e. The quantitative estimate of drug-likeness (QED) is 0.285. The summed E-state index contributed by atoms with van der Waals surface area (Å²) in [7, 11) is 11.4. The number of hydrogen-bond donors (Lipinski definition) is 4. The molecule has 0 rings (SSSR count). The second-order valence-corrected chi connectivity index (χ2v) is 7.94. The van der Waals surface area contributed by atoms with Gasteiger partial charge < -0.3 is 51.7 Å². The first-order valence-electron chi connectivity index (χ1n) is 7.94. The van der Waals surface area contributed by atoms with Crippen molar-refractivity contribution in [3.8, 4) is 0 Å². The van der Waals surface area contributed by atoms with E-state index < -0.39 is 30.1 Å². The van der Waals surface area contributed by atoms with Crippen LogP contribution in [0.15, 0.2) is 0 Å². The maximum Gasteiger partial charge on any atom is 0.306 e. The molecule has 0 spiro atoms. The van der Waals surface area contributed by atoms with E-state index in [1.54, 1.807) is 0 Å². The summed E-state index contributed by atoms with van der Waals surface area (Å²) in [5.74, 6) is -2.99. The van der Waals surface area contributed by atoms with Gasteiger partial charge in [-0.15, -0.1) is 0 Å². The zero-order valence-electron chi connectivity index (χ0n) is 17.2. The number of hydrogen-bond acceptors (Lipinski definition) is 6. The normalized spacial score (nSPS) is 12.8. The van der Waals surface area contributed by atoms with Crippen molar-refractivity contribution in [2.24, 2.45) is 0 Å². The number of carboxylic acids is 3. The standard InChI is InChI=1S/2C7H15NO3.C2H4O2.ClH/c2*1-8(2,3)5-6(9)4-7(10)11;1-2(3)4;/h2*6,9H,4-5H2,1-3H3;1H3,(H,3,4);1H. The number of aliphatic carboxylic acids is 3. The lowest BCUT2D eigenvalue weighted by Crippen LogP contribution is -3.00. The average Bonchev–Trinajstić information content (AvgIpc) is 2.19. The minimum Gasteiger partial charge on any atom is -1.00 e. The van der Waals surface area contributed by atoms with Gasteiger partial charge in [0, 0.05) is 5.97 Å². The van der Waals surface area contributed by atoms with Gasteiger partial charge in [-0.05, 0) is 6.92 Å². The molecule has 0 aromatic carbocycles. The van der Waals surface area contributed by atoms with Crippen LogP contribution in [0.3, 0.4) is 0 Å². The molecule has 11 heteroatoms. The van der Waals surface area contributed by atoms with Gasteiger partial charge in [-0.25, -0.2) is 0 Å². The van der Waals surface area contributed by atoms with Gasteiger partial charge in [0.25, 0.3) is 0 Å². The van der Waals surface area contributed by atoms with Gasteiger partial charge in [-0.3, -0.25) is 9.59 Å². The third-order valence-electron chi connectivity index (χ3n) is 2.34. The molecular formula is C16H35ClN2O8. The number of rotatable bonds is 8. The van der Waals surface area contributed by atoms with Gasteiger partial charge in [-0.2, -0.15) is 0 Å². The molecule has 2 unspecified atom stereocenters. The Labute approximate surface area is 167 Å². The Morgan fingerprint density at radius 1 is 0.778 bits per heavy atom. The molecule has 0 amide bonds. The van der Waals surface area contributed by atoms with Crippen molar-refractivity contribution in [1.29, 1.82) is 0 Å². The predicted molar refractivity (Wildman–Crippen MR) is 93.0 cm³/mol. The first-order chi connectivity index (χ1) is 11.4. The zero-order valence-corrected chi connectivity index (χ0v) is 17.9. The van der Waals surface area contributed by atoms with E-state index in [2.05, 4.69) is 0 Å². The van der Waals surface area contributed by atoms with E-state index in [-0.39, 0.29) is 25.2 Å². The van der Waals surface area contributed by atoms with Gasteiger partial charge >= 0.3 is 11.9 Å². The van der Waals surface area contributed by atoms with Crippen LogP contribution in [-0.4, -0.2) is 115 Å². The third kappa shape index (κ3) is 45.6. The fourth-order valence-corrected chi connectivity index (χ4v) is 1.80. The summed E-state index contributed by atoms with van der Waals surface area (Å²) in [5.41, 5.74) is 0. The average molecular weight is 419 g/mol. The first kappa shape index (κ1) is 33.1. The van der Waals surface area contributed by atoms with E-state index in [0.717, 1.165) is 6.92 Å². The number of carbonyl (C=O) groups is 3. The number of likely N-dealkylation sites (N-methyl/N-ethyl adjacent to an activating group) is 2. The highest BCUT2D eigenvalue weighted by atomic mass is 35.5. The van der Waals surface area contributed by atoms with Gasteiger partial charge in [0.05, 0.1) is 55.1 Å². The van der Waals surface area contributed by atoms with Crippen molar-refractivity contribution >= 4 is 17.9 Å². The molecule has 0 aromatic heterocycles. The molecule has 27 heavy (non-hydrogen) atoms. The highest BCUT2D eigenvalue weighted by molar-refractivity contribution is 5.67. The molecular weight excluding hydrogens is 384 g/mol. The Balaban J connectivity index is -0.000000159. The van der Waals surface area contributed by atoms with E-state index >= 15 is 0 Å². The van der Waals surface area contributed by atoms with Crippen LogP contribution >= 0.6 is 0 Å². The number of aliphatic hydroxyl groups is 2. The SMILES string of the molecule is CC(=O)[O-].C[N+](C)(C)CC(O)CC(=O)O.C[N+](C)(C)CC(O)CC(=O)O.[Cl-]. The van der Waals surface area contributed by atoms with Gasteiger partial charge in [0.15, 0.2) is 0 Å². The molecule has 0 saturated carbocycles. The van der Waals surface area contributed by atoms with Crippen molar-refractivity contribution in [3.05, 3.63) is 0 Å². The van der Waals surface area contributed by atoms with Crippen molar-refractivity contribution in [2.45, 2.75) is 32.0 Å². The molecule has 0 aliphatic carbocycles. The first-order valence-corrected chi connectivity index (χ1v) is 7.94. The number of aliphatic hydroxyl groups excluding tert-OH is 2. The number of carboxylic acid groups (broad SMARTS) is 3. The molecule has 0 aromatic rings. The lowest BCUT2D eigenvalue weighted by atomic mass is 10.2. The predicted octanol–water partition coefficient (Wildman–Crippen LogP) is -5.18. The van der Waals surface area contributed by atoms with Crippen LogP contribution in [0.5, 0.6) is 0 Å². The maximum atomic E-state index is 10.1. The fourth-order valence-electron chi connectivity index (χ4n) is 1.80. The molecule has 0 fully saturated rings. The van der Waals surface area contributed by atoms with Gasteiger partial charge in [0.1, 0.15) is 25.3 Å². The number of halogens is 1.